The number of nitrogens with one attached hydrogen (secondary N) is 1. The van der Waals surface area contributed by atoms with Crippen LogP contribution < -0.4 is 19.5 Å². The molecule has 0 heterocycles. The molecule has 26 heavy (non-hydrogen) atoms. The monoisotopic (exact) mass is 360 g/mol. The average Bonchev–Trinajstić information content (AvgIpc) is 2.66. The highest BCUT2D eigenvalue weighted by molar-refractivity contribution is 6.05. The number of ether oxygens (including phenoxy) is 3. The number of nitrogens with zero attached hydrogens (tertiary/aromatic N) is 1. The first-order valence-corrected chi connectivity index (χ1v) is 7.38. The van der Waals surface area contributed by atoms with Gasteiger partial charge in [-0.05, 0) is 36.4 Å². The van der Waals surface area contributed by atoms with Crippen LogP contribution in [0.4, 0.5) is 5.69 Å². The molecule has 136 valence electrons. The summed E-state index contributed by atoms with van der Waals surface area (Å²) in [5.74, 6) is -0.615. The van der Waals surface area contributed by atoms with Crippen molar-refractivity contribution in [3.8, 4) is 17.2 Å². The lowest BCUT2D eigenvalue weighted by Crippen LogP contribution is -2.34. The number of carbonyl (C=O) groups is 2. The van der Waals surface area contributed by atoms with Gasteiger partial charge in [0.1, 0.15) is 11.5 Å². The lowest BCUT2D eigenvalue weighted by molar-refractivity contribution is -0.385. The molecule has 0 fully saturated rings. The summed E-state index contributed by atoms with van der Waals surface area (Å²) in [5.41, 5.74) is -0.0896. The molecule has 0 spiro atoms. The van der Waals surface area contributed by atoms with Crippen molar-refractivity contribution in [1.29, 1.82) is 0 Å². The molecule has 9 heteroatoms. The summed E-state index contributed by atoms with van der Waals surface area (Å²) < 4.78 is 15.0. The first-order chi connectivity index (χ1) is 12.4. The number of benzene rings is 2. The predicted octanol–water partition coefficient (Wildman–Crippen LogP) is 1.95. The smallest absolute Gasteiger partial charge is 0.314 e. The van der Waals surface area contributed by atoms with E-state index in [-0.39, 0.29) is 22.7 Å². The highest BCUT2D eigenvalue weighted by atomic mass is 16.6. The number of nitro benzene ring substituents is 1. The molecule has 9 nitrogen and oxygen atoms in total. The minimum absolute atomic E-state index is 0.108. The van der Waals surface area contributed by atoms with Gasteiger partial charge in [-0.25, -0.2) is 0 Å². The predicted molar refractivity (Wildman–Crippen MR) is 90.6 cm³/mol. The van der Waals surface area contributed by atoms with Crippen LogP contribution in [0.1, 0.15) is 10.4 Å². The molecule has 0 saturated carbocycles. The minimum atomic E-state index is -0.740. The average molecular weight is 360 g/mol. The van der Waals surface area contributed by atoms with Crippen LogP contribution >= 0.6 is 0 Å². The Balaban J connectivity index is 1.98. The van der Waals surface area contributed by atoms with Gasteiger partial charge >= 0.3 is 5.69 Å². The lowest BCUT2D eigenvalue weighted by Gasteiger charge is -2.08. The fraction of sp³-hybridized carbons (Fsp3) is 0.176. The molecule has 0 atom stereocenters. The Kier molecular flexibility index (Phi) is 6.10. The number of methoxy groups -OCH3 is 2. The molecule has 0 aromatic heterocycles. The minimum Gasteiger partial charge on any atom is -0.497 e. The van der Waals surface area contributed by atoms with Crippen molar-refractivity contribution in [3.05, 3.63) is 58.1 Å². The Hall–Kier alpha value is -3.62. The van der Waals surface area contributed by atoms with Crippen LogP contribution in [0.2, 0.25) is 0 Å². The van der Waals surface area contributed by atoms with E-state index >= 15 is 0 Å². The number of imide groups is 1. The summed E-state index contributed by atoms with van der Waals surface area (Å²) in [4.78, 5) is 34.2. The zero-order chi connectivity index (χ0) is 19.1. The van der Waals surface area contributed by atoms with E-state index in [0.717, 1.165) is 0 Å². The van der Waals surface area contributed by atoms with Gasteiger partial charge in [-0.3, -0.25) is 25.0 Å². The molecule has 0 aliphatic rings. The zero-order valence-electron chi connectivity index (χ0n) is 14.1. The third-order valence-electron chi connectivity index (χ3n) is 3.33. The number of nitro groups is 1. The second kappa shape index (κ2) is 8.47. The molecule has 1 N–H and O–H groups in total. The van der Waals surface area contributed by atoms with E-state index in [4.69, 9.17) is 14.2 Å². The first kappa shape index (κ1) is 18.7. The molecular weight excluding hydrogens is 344 g/mol. The van der Waals surface area contributed by atoms with Crippen molar-refractivity contribution in [2.75, 3.05) is 20.8 Å². The summed E-state index contributed by atoms with van der Waals surface area (Å²) in [6.45, 7) is -0.560. The molecule has 0 bridgehead atoms. The van der Waals surface area contributed by atoms with Crippen molar-refractivity contribution in [2.45, 2.75) is 0 Å². The largest absolute Gasteiger partial charge is 0.497 e. The Morgan fingerprint density at radius 2 is 1.65 bits per heavy atom. The quantitative estimate of drug-likeness (QED) is 0.592. The molecule has 0 radical (unpaired) electrons. The first-order valence-electron chi connectivity index (χ1n) is 7.38. The second-order valence-electron chi connectivity index (χ2n) is 4.99. The van der Waals surface area contributed by atoms with Crippen LogP contribution in [0, 0.1) is 10.1 Å². The van der Waals surface area contributed by atoms with E-state index in [1.165, 1.54) is 44.6 Å². The Bertz CT molecular complexity index is 818. The Labute approximate surface area is 148 Å². The summed E-state index contributed by atoms with van der Waals surface area (Å²) >= 11 is 0. The van der Waals surface area contributed by atoms with Gasteiger partial charge in [-0.2, -0.15) is 0 Å². The number of carbonyl (C=O) groups excluding carboxylic acids is 2. The van der Waals surface area contributed by atoms with Crippen molar-refractivity contribution in [1.82, 2.24) is 5.32 Å². The van der Waals surface area contributed by atoms with E-state index in [2.05, 4.69) is 5.32 Å². The molecular formula is C17H16N2O7. The van der Waals surface area contributed by atoms with Gasteiger partial charge < -0.3 is 14.2 Å². The SMILES string of the molecule is COc1ccc(C(=O)NC(=O)COc2ccc(OC)cc2[N+](=O)[O-])cc1. The number of amides is 2. The van der Waals surface area contributed by atoms with E-state index in [1.807, 2.05) is 0 Å². The molecule has 2 rings (SSSR count). The fourth-order valence-corrected chi connectivity index (χ4v) is 2.01. The van der Waals surface area contributed by atoms with E-state index in [1.54, 1.807) is 12.1 Å². The summed E-state index contributed by atoms with van der Waals surface area (Å²) in [6.07, 6.45) is 0. The normalized spacial score (nSPS) is 9.92. The van der Waals surface area contributed by atoms with Crippen molar-refractivity contribution in [2.24, 2.45) is 0 Å². The molecule has 2 aromatic rings. The van der Waals surface area contributed by atoms with Crippen LogP contribution in [0.5, 0.6) is 17.2 Å². The third-order valence-corrected chi connectivity index (χ3v) is 3.33. The fourth-order valence-electron chi connectivity index (χ4n) is 2.01. The highest BCUT2D eigenvalue weighted by Gasteiger charge is 2.18. The summed E-state index contributed by atoms with van der Waals surface area (Å²) in [6, 6.07) is 10.1. The summed E-state index contributed by atoms with van der Waals surface area (Å²) in [5, 5.41) is 13.2. The Morgan fingerprint density at radius 1 is 1.04 bits per heavy atom. The maximum atomic E-state index is 12.0. The molecule has 0 aliphatic heterocycles. The van der Waals surface area contributed by atoms with E-state index in [0.29, 0.717) is 5.75 Å². The third kappa shape index (κ3) is 4.69. The van der Waals surface area contributed by atoms with Gasteiger partial charge in [0.2, 0.25) is 0 Å². The van der Waals surface area contributed by atoms with Gasteiger partial charge in [0.05, 0.1) is 25.2 Å². The topological polar surface area (TPSA) is 117 Å². The van der Waals surface area contributed by atoms with E-state index < -0.39 is 23.3 Å². The van der Waals surface area contributed by atoms with E-state index in [9.17, 15) is 19.7 Å². The van der Waals surface area contributed by atoms with Gasteiger partial charge in [0, 0.05) is 5.56 Å². The second-order valence-corrected chi connectivity index (χ2v) is 4.99. The van der Waals surface area contributed by atoms with Crippen molar-refractivity contribution in [3.63, 3.8) is 0 Å². The molecule has 0 unspecified atom stereocenters. The van der Waals surface area contributed by atoms with Gasteiger partial charge in [-0.1, -0.05) is 0 Å². The standard InChI is InChI=1S/C17H16N2O7/c1-24-12-5-3-11(4-6-12)17(21)18-16(20)10-26-15-8-7-13(25-2)9-14(15)19(22)23/h3-9H,10H2,1-2H3,(H,18,20,21). The van der Waals surface area contributed by atoms with Gasteiger partial charge in [-0.15, -0.1) is 0 Å². The van der Waals surface area contributed by atoms with Crippen LogP contribution in [-0.4, -0.2) is 37.6 Å². The van der Waals surface area contributed by atoms with Crippen molar-refractivity contribution >= 4 is 17.5 Å². The van der Waals surface area contributed by atoms with Crippen molar-refractivity contribution < 1.29 is 28.7 Å². The van der Waals surface area contributed by atoms with Gasteiger partial charge in [0.25, 0.3) is 11.8 Å². The maximum Gasteiger partial charge on any atom is 0.314 e. The van der Waals surface area contributed by atoms with Crippen LogP contribution in [0.3, 0.4) is 0 Å². The highest BCUT2D eigenvalue weighted by Crippen LogP contribution is 2.30. The molecule has 0 saturated heterocycles. The number of hydrogen-bond acceptors (Lipinski definition) is 7. The number of rotatable bonds is 7. The molecule has 2 aromatic carbocycles. The van der Waals surface area contributed by atoms with Gasteiger partial charge in [0.15, 0.2) is 12.4 Å². The number of hydrogen-bond donors (Lipinski definition) is 1. The maximum absolute atomic E-state index is 12.0. The Morgan fingerprint density at radius 3 is 2.23 bits per heavy atom. The summed E-state index contributed by atoms with van der Waals surface area (Å²) in [7, 11) is 2.87. The molecule has 0 aliphatic carbocycles. The van der Waals surface area contributed by atoms with Crippen LogP contribution in [0.25, 0.3) is 0 Å². The molecule has 2 amide bonds. The zero-order valence-corrected chi connectivity index (χ0v) is 14.1. The van der Waals surface area contributed by atoms with Crippen LogP contribution in [-0.2, 0) is 4.79 Å². The lowest BCUT2D eigenvalue weighted by atomic mass is 10.2. The van der Waals surface area contributed by atoms with Crippen LogP contribution in [0.15, 0.2) is 42.5 Å².